The predicted octanol–water partition coefficient (Wildman–Crippen LogP) is 5.07. The molecule has 0 amide bonds. The maximum Gasteiger partial charge on any atom is 0.0783 e. The standard InChI is InChI=1S/C22H22BrNOS2.ClH/c1-14(12-24(2)3)25-13-17-9-7-15-5-4-6-19-21(22(15)26-17)18-10-8-16(23)11-20(18)27-19;/h4-11,14H,12-13H2,1-3H3;1H. The molecule has 0 N–H and O–H groups in total. The number of benzene rings is 1. The lowest BCUT2D eigenvalue weighted by Gasteiger charge is -2.20. The second kappa shape index (κ2) is 9.33. The van der Waals surface area contributed by atoms with Crippen LogP contribution in [-0.2, 0) is 4.74 Å². The summed E-state index contributed by atoms with van der Waals surface area (Å²) in [6.07, 6.45) is 11.2. The van der Waals surface area contributed by atoms with E-state index < -0.39 is 0 Å². The second-order valence-electron chi connectivity index (χ2n) is 7.08. The highest BCUT2D eigenvalue weighted by molar-refractivity contribution is 9.10. The first-order valence-corrected chi connectivity index (χ1v) is 11.4. The van der Waals surface area contributed by atoms with Gasteiger partial charge in [0, 0.05) is 40.7 Å². The summed E-state index contributed by atoms with van der Waals surface area (Å²) in [5, 5.41) is 2.69. The summed E-state index contributed by atoms with van der Waals surface area (Å²) in [5.41, 5.74) is 1.28. The molecule has 0 radical (unpaired) electrons. The first-order valence-electron chi connectivity index (χ1n) is 8.97. The van der Waals surface area contributed by atoms with E-state index in [0.717, 1.165) is 11.0 Å². The Bertz CT molecular complexity index is 1100. The molecule has 1 atom stereocenters. The number of rotatable bonds is 5. The summed E-state index contributed by atoms with van der Waals surface area (Å²) < 4.78 is 9.85. The van der Waals surface area contributed by atoms with E-state index in [-0.39, 0.29) is 18.5 Å². The molecule has 1 aromatic heterocycles. The molecule has 0 fully saturated rings. The minimum atomic E-state index is 0. The molecule has 0 saturated carbocycles. The highest BCUT2D eigenvalue weighted by Gasteiger charge is 2.18. The van der Waals surface area contributed by atoms with Gasteiger partial charge in [-0.3, -0.25) is 0 Å². The van der Waals surface area contributed by atoms with Crippen LogP contribution in [0.15, 0.2) is 57.5 Å². The van der Waals surface area contributed by atoms with E-state index in [1.54, 1.807) is 0 Å². The minimum Gasteiger partial charge on any atom is -0.372 e. The zero-order chi connectivity index (χ0) is 19.0. The third-order valence-electron chi connectivity index (χ3n) is 4.51. The maximum absolute atomic E-state index is 6.07. The van der Waals surface area contributed by atoms with Crippen molar-refractivity contribution < 1.29 is 4.74 Å². The predicted molar refractivity (Wildman–Crippen MR) is 131 cm³/mol. The number of hydrogen-bond acceptors (Lipinski definition) is 4. The monoisotopic (exact) mass is 495 g/mol. The van der Waals surface area contributed by atoms with Crippen molar-refractivity contribution in [3.63, 3.8) is 0 Å². The molecule has 6 heteroatoms. The van der Waals surface area contributed by atoms with Crippen molar-refractivity contribution in [2.45, 2.75) is 13.0 Å². The fraction of sp³-hybridized carbons (Fsp3) is 0.273. The Morgan fingerprint density at radius 3 is 2.79 bits per heavy atom. The van der Waals surface area contributed by atoms with Gasteiger partial charge < -0.3 is 9.64 Å². The van der Waals surface area contributed by atoms with Crippen LogP contribution in [0.1, 0.15) is 6.92 Å². The number of allylic oxidation sites excluding steroid dienone is 4. The number of hydrogen-bond donors (Lipinski definition) is 0. The summed E-state index contributed by atoms with van der Waals surface area (Å²) in [6, 6.07) is 6.58. The lowest BCUT2D eigenvalue weighted by Crippen LogP contribution is -2.26. The molecule has 1 aromatic carbocycles. The Morgan fingerprint density at radius 1 is 1.18 bits per heavy atom. The van der Waals surface area contributed by atoms with Gasteiger partial charge in [0.15, 0.2) is 0 Å². The molecular weight excluding hydrogens is 474 g/mol. The van der Waals surface area contributed by atoms with Crippen molar-refractivity contribution in [3.05, 3.63) is 67.2 Å². The summed E-state index contributed by atoms with van der Waals surface area (Å²) in [7, 11) is 4.16. The van der Waals surface area contributed by atoms with Crippen molar-refractivity contribution >= 4 is 72.5 Å². The van der Waals surface area contributed by atoms with E-state index >= 15 is 0 Å². The number of nitrogens with zero attached hydrogens (tertiary/aromatic N) is 1. The van der Waals surface area contributed by atoms with Crippen molar-refractivity contribution in [2.75, 3.05) is 27.2 Å². The van der Waals surface area contributed by atoms with Gasteiger partial charge in [-0.2, -0.15) is 0 Å². The smallest absolute Gasteiger partial charge is 0.0783 e. The number of fused-ring (bicyclic) bond motifs is 4. The Balaban J connectivity index is 0.00000225. The van der Waals surface area contributed by atoms with Crippen LogP contribution < -0.4 is 9.75 Å². The highest BCUT2D eigenvalue weighted by Crippen LogP contribution is 2.37. The summed E-state index contributed by atoms with van der Waals surface area (Å²) in [5.74, 6) is 0. The zero-order valence-electron chi connectivity index (χ0n) is 16.1. The van der Waals surface area contributed by atoms with Crippen molar-refractivity contribution in [1.82, 2.24) is 4.90 Å². The third-order valence-corrected chi connectivity index (χ3v) is 7.28. The van der Waals surface area contributed by atoms with Gasteiger partial charge in [0.05, 0.1) is 12.7 Å². The molecule has 2 heterocycles. The molecule has 2 aliphatic rings. The molecule has 0 bridgehead atoms. The topological polar surface area (TPSA) is 12.5 Å². The van der Waals surface area contributed by atoms with Gasteiger partial charge >= 0.3 is 0 Å². The van der Waals surface area contributed by atoms with Crippen LogP contribution in [0.2, 0.25) is 0 Å². The van der Waals surface area contributed by atoms with E-state index in [1.165, 1.54) is 35.2 Å². The van der Waals surface area contributed by atoms with E-state index in [4.69, 9.17) is 4.74 Å². The van der Waals surface area contributed by atoms with Gasteiger partial charge in [-0.15, -0.1) is 23.7 Å². The first-order chi connectivity index (χ1) is 13.0. The van der Waals surface area contributed by atoms with Gasteiger partial charge in [0.1, 0.15) is 0 Å². The normalized spacial score (nSPS) is 16.5. The van der Waals surface area contributed by atoms with Gasteiger partial charge in [-0.1, -0.05) is 52.0 Å². The van der Waals surface area contributed by atoms with Crippen LogP contribution in [-0.4, -0.2) is 38.3 Å². The van der Waals surface area contributed by atoms with Gasteiger partial charge in [-0.05, 0) is 50.9 Å². The number of ether oxygens (including phenoxy) is 1. The zero-order valence-corrected chi connectivity index (χ0v) is 20.1. The van der Waals surface area contributed by atoms with Gasteiger partial charge in [-0.25, -0.2) is 0 Å². The van der Waals surface area contributed by atoms with E-state index in [2.05, 4.69) is 90.4 Å². The summed E-state index contributed by atoms with van der Waals surface area (Å²) in [6.45, 7) is 3.72. The highest BCUT2D eigenvalue weighted by atomic mass is 79.9. The number of thiophene rings is 1. The van der Waals surface area contributed by atoms with Gasteiger partial charge in [0.25, 0.3) is 0 Å². The second-order valence-corrected chi connectivity index (χ2v) is 10.2. The average Bonchev–Trinajstić information content (AvgIpc) is 2.87. The van der Waals surface area contributed by atoms with E-state index in [9.17, 15) is 0 Å². The Hall–Kier alpha value is -0.820. The molecule has 2 aromatic rings. The molecule has 4 rings (SSSR count). The molecular formula is C22H23BrClNOS2. The molecule has 1 aliphatic carbocycles. The Kier molecular flexibility index (Phi) is 7.29. The van der Waals surface area contributed by atoms with Crippen molar-refractivity contribution in [3.8, 4) is 0 Å². The fourth-order valence-electron chi connectivity index (χ4n) is 3.36. The first kappa shape index (κ1) is 21.9. The van der Waals surface area contributed by atoms with Crippen LogP contribution in [0.5, 0.6) is 0 Å². The van der Waals surface area contributed by atoms with Crippen LogP contribution in [0.3, 0.4) is 0 Å². The largest absolute Gasteiger partial charge is 0.372 e. The maximum atomic E-state index is 6.07. The van der Waals surface area contributed by atoms with Crippen molar-refractivity contribution in [1.29, 1.82) is 0 Å². The minimum absolute atomic E-state index is 0. The van der Waals surface area contributed by atoms with Gasteiger partial charge in [0.2, 0.25) is 0 Å². The number of likely N-dealkylation sites (N-methyl/N-ethyl adjacent to an activating group) is 1. The van der Waals surface area contributed by atoms with E-state index in [1.807, 2.05) is 23.1 Å². The average molecular weight is 497 g/mol. The van der Waals surface area contributed by atoms with Crippen molar-refractivity contribution in [2.24, 2.45) is 0 Å². The van der Waals surface area contributed by atoms with Crippen LogP contribution >= 0.6 is 51.4 Å². The molecule has 2 nitrogen and oxygen atoms in total. The number of thioether (sulfide) groups is 1. The molecule has 1 unspecified atom stereocenters. The van der Waals surface area contributed by atoms with Crippen LogP contribution in [0, 0.1) is 0 Å². The Morgan fingerprint density at radius 2 is 2.00 bits per heavy atom. The molecule has 28 heavy (non-hydrogen) atoms. The Labute approximate surface area is 188 Å². The number of halogens is 2. The summed E-state index contributed by atoms with van der Waals surface area (Å²) in [4.78, 5) is 4.76. The molecule has 0 saturated heterocycles. The lowest BCUT2D eigenvalue weighted by molar-refractivity contribution is 0.0662. The molecule has 1 aliphatic heterocycles. The fourth-order valence-corrected chi connectivity index (χ4v) is 6.20. The SMILES string of the molecule is CC(CN(C)C)OCC1=CC=C2C=CC=c3sc4cc(Br)ccc4c3=C2S1.Cl. The van der Waals surface area contributed by atoms with Crippen LogP contribution in [0.25, 0.3) is 21.1 Å². The van der Waals surface area contributed by atoms with E-state index in [0.29, 0.717) is 6.61 Å². The molecule has 0 spiro atoms. The lowest BCUT2D eigenvalue weighted by atomic mass is 10.1. The van der Waals surface area contributed by atoms with Crippen LogP contribution in [0.4, 0.5) is 0 Å². The molecule has 148 valence electrons. The summed E-state index contributed by atoms with van der Waals surface area (Å²) >= 11 is 7.31. The quantitative estimate of drug-likeness (QED) is 0.573. The third kappa shape index (κ3) is 4.66.